The van der Waals surface area contributed by atoms with Crippen LogP contribution in [-0.4, -0.2) is 60.3 Å². The van der Waals surface area contributed by atoms with Crippen LogP contribution in [0.3, 0.4) is 0 Å². The molecule has 0 radical (unpaired) electrons. The average Bonchev–Trinajstić information content (AvgIpc) is 2.99. The van der Waals surface area contributed by atoms with Crippen molar-refractivity contribution in [2.24, 2.45) is 0 Å². The number of carbonyl (C=O) groups excluding carboxylic acids is 1. The number of benzene rings is 1. The lowest BCUT2D eigenvalue weighted by molar-refractivity contribution is -0.904. The minimum absolute atomic E-state index is 0.254. The molecular weight excluding hydrogens is 328 g/mol. The number of aryl methyl sites for hydroxylation is 2. The molecule has 0 bridgehead atoms. The van der Waals surface area contributed by atoms with Gasteiger partial charge in [-0.3, -0.25) is 9.89 Å². The quantitative estimate of drug-likeness (QED) is 0.769. The van der Waals surface area contributed by atoms with Crippen LogP contribution in [0.1, 0.15) is 23.4 Å². The SMILES string of the molecule is Cc1n[nH]c(C)c1CCC(=O)N1CC[NH+](CCOc2ccccc2)CC1. The molecular formula is C20H29N4O2+. The highest BCUT2D eigenvalue weighted by Crippen LogP contribution is 2.12. The molecule has 3 rings (SSSR count). The molecule has 1 aliphatic heterocycles. The van der Waals surface area contributed by atoms with Crippen LogP contribution in [0.2, 0.25) is 0 Å². The molecule has 1 amide bonds. The van der Waals surface area contributed by atoms with Gasteiger partial charge in [0.1, 0.15) is 18.9 Å². The van der Waals surface area contributed by atoms with Crippen LogP contribution < -0.4 is 9.64 Å². The van der Waals surface area contributed by atoms with Gasteiger partial charge < -0.3 is 14.5 Å². The number of carbonyl (C=O) groups is 1. The maximum Gasteiger partial charge on any atom is 0.223 e. The number of aromatic amines is 1. The van der Waals surface area contributed by atoms with Gasteiger partial charge in [-0.05, 0) is 38.0 Å². The maximum atomic E-state index is 12.5. The van der Waals surface area contributed by atoms with E-state index < -0.39 is 0 Å². The van der Waals surface area contributed by atoms with Crippen LogP contribution in [0.15, 0.2) is 30.3 Å². The Bertz CT molecular complexity index is 686. The van der Waals surface area contributed by atoms with Crippen molar-refractivity contribution >= 4 is 5.91 Å². The normalized spacial score (nSPS) is 15.2. The van der Waals surface area contributed by atoms with Crippen LogP contribution in [0.5, 0.6) is 5.75 Å². The highest BCUT2D eigenvalue weighted by molar-refractivity contribution is 5.76. The summed E-state index contributed by atoms with van der Waals surface area (Å²) in [6.07, 6.45) is 1.33. The van der Waals surface area contributed by atoms with Gasteiger partial charge in [0, 0.05) is 12.1 Å². The lowest BCUT2D eigenvalue weighted by Crippen LogP contribution is -3.15. The summed E-state index contributed by atoms with van der Waals surface area (Å²) in [5.41, 5.74) is 3.26. The van der Waals surface area contributed by atoms with Gasteiger partial charge >= 0.3 is 0 Å². The Kier molecular flexibility index (Phi) is 6.28. The van der Waals surface area contributed by atoms with Crippen molar-refractivity contribution in [2.75, 3.05) is 39.3 Å². The lowest BCUT2D eigenvalue weighted by Gasteiger charge is -2.32. The summed E-state index contributed by atoms with van der Waals surface area (Å²) in [5.74, 6) is 1.18. The van der Waals surface area contributed by atoms with Crippen LogP contribution in [-0.2, 0) is 11.2 Å². The summed E-state index contributed by atoms with van der Waals surface area (Å²) in [7, 11) is 0. The van der Waals surface area contributed by atoms with Gasteiger partial charge in [0.15, 0.2) is 0 Å². The summed E-state index contributed by atoms with van der Waals surface area (Å²) < 4.78 is 5.78. The average molecular weight is 357 g/mol. The van der Waals surface area contributed by atoms with Crippen molar-refractivity contribution in [1.29, 1.82) is 0 Å². The number of ether oxygens (including phenoxy) is 1. The van der Waals surface area contributed by atoms with Crippen molar-refractivity contribution < 1.29 is 14.4 Å². The number of aromatic nitrogens is 2. The summed E-state index contributed by atoms with van der Waals surface area (Å²) >= 11 is 0. The van der Waals surface area contributed by atoms with E-state index in [4.69, 9.17) is 4.74 Å². The fourth-order valence-corrected chi connectivity index (χ4v) is 3.48. The van der Waals surface area contributed by atoms with Gasteiger partial charge in [0.25, 0.3) is 0 Å². The second-order valence-electron chi connectivity index (χ2n) is 6.95. The second-order valence-corrected chi connectivity index (χ2v) is 6.95. The first-order valence-corrected chi connectivity index (χ1v) is 9.43. The number of nitrogens with zero attached hydrogens (tertiary/aromatic N) is 2. The third-order valence-corrected chi connectivity index (χ3v) is 5.16. The monoisotopic (exact) mass is 357 g/mol. The Morgan fingerprint density at radius 1 is 1.23 bits per heavy atom. The molecule has 6 nitrogen and oxygen atoms in total. The fraction of sp³-hybridized carbons (Fsp3) is 0.500. The first-order chi connectivity index (χ1) is 12.6. The summed E-state index contributed by atoms with van der Waals surface area (Å²) in [4.78, 5) is 16.0. The Morgan fingerprint density at radius 3 is 2.62 bits per heavy atom. The van der Waals surface area contributed by atoms with Crippen molar-refractivity contribution in [3.05, 3.63) is 47.3 Å². The van der Waals surface area contributed by atoms with Gasteiger partial charge in [-0.15, -0.1) is 0 Å². The standard InChI is InChI=1S/C20H28N4O2/c1-16-19(17(2)22-21-16)8-9-20(25)24-12-10-23(11-13-24)14-15-26-18-6-4-3-5-7-18/h3-7H,8-15H2,1-2H3,(H,21,22)/p+1. The third-order valence-electron chi connectivity index (χ3n) is 5.16. The van der Waals surface area contributed by atoms with Crippen LogP contribution in [0.4, 0.5) is 0 Å². The third kappa shape index (κ3) is 4.85. The number of hydrogen-bond donors (Lipinski definition) is 2. The number of piperazine rings is 1. The van der Waals surface area contributed by atoms with Crippen LogP contribution >= 0.6 is 0 Å². The van der Waals surface area contributed by atoms with Crippen LogP contribution in [0.25, 0.3) is 0 Å². The maximum absolute atomic E-state index is 12.5. The topological polar surface area (TPSA) is 62.7 Å². The minimum Gasteiger partial charge on any atom is -0.488 e. The van der Waals surface area contributed by atoms with E-state index >= 15 is 0 Å². The second kappa shape index (κ2) is 8.85. The fourth-order valence-electron chi connectivity index (χ4n) is 3.48. The predicted molar refractivity (Wildman–Crippen MR) is 100 cm³/mol. The van der Waals surface area contributed by atoms with Gasteiger partial charge in [-0.2, -0.15) is 5.10 Å². The summed E-state index contributed by atoms with van der Waals surface area (Å²) in [6, 6.07) is 9.92. The molecule has 0 saturated carbocycles. The zero-order valence-electron chi connectivity index (χ0n) is 15.8. The van der Waals surface area contributed by atoms with Crippen molar-refractivity contribution in [1.82, 2.24) is 15.1 Å². The molecule has 2 N–H and O–H groups in total. The minimum atomic E-state index is 0.254. The molecule has 6 heteroatoms. The Labute approximate surface area is 155 Å². The molecule has 2 heterocycles. The molecule has 26 heavy (non-hydrogen) atoms. The van der Waals surface area contributed by atoms with E-state index in [2.05, 4.69) is 10.2 Å². The van der Waals surface area contributed by atoms with Crippen molar-refractivity contribution in [2.45, 2.75) is 26.7 Å². The largest absolute Gasteiger partial charge is 0.488 e. The number of amides is 1. The smallest absolute Gasteiger partial charge is 0.223 e. The molecule has 0 aliphatic carbocycles. The molecule has 1 saturated heterocycles. The highest BCUT2D eigenvalue weighted by Gasteiger charge is 2.23. The van der Waals surface area contributed by atoms with E-state index in [0.717, 1.165) is 56.3 Å². The zero-order chi connectivity index (χ0) is 18.4. The number of H-pyrrole nitrogens is 1. The predicted octanol–water partition coefficient (Wildman–Crippen LogP) is 0.765. The number of quaternary nitrogens is 1. The molecule has 1 aromatic carbocycles. The molecule has 0 unspecified atom stereocenters. The van der Waals surface area contributed by atoms with E-state index in [-0.39, 0.29) is 5.91 Å². The van der Waals surface area contributed by atoms with E-state index in [1.54, 1.807) is 0 Å². The van der Waals surface area contributed by atoms with E-state index in [9.17, 15) is 4.79 Å². The van der Waals surface area contributed by atoms with E-state index in [1.807, 2.05) is 49.1 Å². The molecule has 0 atom stereocenters. The number of para-hydroxylation sites is 1. The molecule has 1 fully saturated rings. The lowest BCUT2D eigenvalue weighted by atomic mass is 10.1. The first kappa shape index (κ1) is 18.5. The summed E-state index contributed by atoms with van der Waals surface area (Å²) in [5, 5.41) is 7.19. The number of rotatable bonds is 7. The van der Waals surface area contributed by atoms with E-state index in [1.165, 1.54) is 10.5 Å². The first-order valence-electron chi connectivity index (χ1n) is 9.43. The van der Waals surface area contributed by atoms with E-state index in [0.29, 0.717) is 13.0 Å². The zero-order valence-corrected chi connectivity index (χ0v) is 15.8. The number of nitrogens with one attached hydrogen (secondary N) is 2. The Morgan fingerprint density at radius 2 is 1.96 bits per heavy atom. The molecule has 1 aliphatic rings. The van der Waals surface area contributed by atoms with Gasteiger partial charge in [-0.1, -0.05) is 18.2 Å². The highest BCUT2D eigenvalue weighted by atomic mass is 16.5. The van der Waals surface area contributed by atoms with Crippen LogP contribution in [0, 0.1) is 13.8 Å². The van der Waals surface area contributed by atoms with Crippen molar-refractivity contribution in [3.63, 3.8) is 0 Å². The summed E-state index contributed by atoms with van der Waals surface area (Å²) in [6.45, 7) is 9.35. The van der Waals surface area contributed by atoms with Gasteiger partial charge in [0.2, 0.25) is 5.91 Å². The van der Waals surface area contributed by atoms with Gasteiger partial charge in [0.05, 0.1) is 31.9 Å². The molecule has 2 aromatic rings. The molecule has 140 valence electrons. The van der Waals surface area contributed by atoms with Crippen molar-refractivity contribution in [3.8, 4) is 5.75 Å². The molecule has 0 spiro atoms. The number of hydrogen-bond acceptors (Lipinski definition) is 3. The molecule has 1 aromatic heterocycles. The Hall–Kier alpha value is -2.34. The Balaban J connectivity index is 1.36. The van der Waals surface area contributed by atoms with Gasteiger partial charge in [-0.25, -0.2) is 0 Å².